The molecule has 1 aliphatic carbocycles. The zero-order valence-electron chi connectivity index (χ0n) is 23.0. The number of allylic oxidation sites excluding steroid dienone is 1. The van der Waals surface area contributed by atoms with E-state index in [1.54, 1.807) is 21.3 Å². The highest BCUT2D eigenvalue weighted by Crippen LogP contribution is 2.47. The third kappa shape index (κ3) is 4.71. The summed E-state index contributed by atoms with van der Waals surface area (Å²) < 4.78 is 16.7. The van der Waals surface area contributed by atoms with E-state index in [9.17, 15) is 4.79 Å². The number of Topliss-reactive ketones (excluding diaryl/α,β-unsaturated/α-hetero) is 1. The van der Waals surface area contributed by atoms with Crippen molar-refractivity contribution in [1.82, 2.24) is 0 Å². The molecule has 0 saturated carbocycles. The predicted octanol–water partition coefficient (Wildman–Crippen LogP) is 6.99. The van der Waals surface area contributed by atoms with Gasteiger partial charge in [-0.1, -0.05) is 57.2 Å². The maximum Gasteiger partial charge on any atom is 0.203 e. The molecule has 1 heterocycles. The molecular formula is C32H36N2O4. The molecule has 3 aromatic rings. The van der Waals surface area contributed by atoms with E-state index in [-0.39, 0.29) is 23.2 Å². The highest BCUT2D eigenvalue weighted by Gasteiger charge is 2.36. The summed E-state index contributed by atoms with van der Waals surface area (Å²) in [6, 6.07) is 20.4. The summed E-state index contributed by atoms with van der Waals surface area (Å²) in [5.74, 6) is 1.82. The van der Waals surface area contributed by atoms with E-state index < -0.39 is 0 Å². The van der Waals surface area contributed by atoms with Crippen LogP contribution in [0.1, 0.15) is 62.3 Å². The molecule has 3 aromatic carbocycles. The van der Waals surface area contributed by atoms with Crippen LogP contribution in [0.25, 0.3) is 0 Å². The van der Waals surface area contributed by atoms with Crippen molar-refractivity contribution >= 4 is 17.2 Å². The molecule has 198 valence electrons. The second-order valence-corrected chi connectivity index (χ2v) is 11.0. The number of hydrogen-bond acceptors (Lipinski definition) is 6. The van der Waals surface area contributed by atoms with Crippen LogP contribution in [0.5, 0.6) is 17.2 Å². The van der Waals surface area contributed by atoms with E-state index in [1.807, 2.05) is 30.3 Å². The van der Waals surface area contributed by atoms with Crippen LogP contribution in [-0.2, 0) is 10.2 Å². The van der Waals surface area contributed by atoms with Crippen molar-refractivity contribution in [2.24, 2.45) is 0 Å². The van der Waals surface area contributed by atoms with Crippen LogP contribution in [0.4, 0.5) is 11.4 Å². The molecule has 0 bridgehead atoms. The van der Waals surface area contributed by atoms with E-state index in [4.69, 9.17) is 14.2 Å². The number of rotatable bonds is 5. The van der Waals surface area contributed by atoms with Crippen LogP contribution in [0, 0.1) is 0 Å². The molecule has 38 heavy (non-hydrogen) atoms. The molecule has 1 aliphatic heterocycles. The minimum Gasteiger partial charge on any atom is -0.493 e. The first-order valence-electron chi connectivity index (χ1n) is 13.0. The number of methoxy groups -OCH3 is 3. The number of carbonyl (C=O) groups excluding carboxylic acids is 1. The fourth-order valence-electron chi connectivity index (χ4n) is 5.49. The van der Waals surface area contributed by atoms with Crippen molar-refractivity contribution < 1.29 is 19.0 Å². The van der Waals surface area contributed by atoms with Gasteiger partial charge in [0.25, 0.3) is 0 Å². The average molecular weight is 513 g/mol. The van der Waals surface area contributed by atoms with Gasteiger partial charge in [-0.05, 0) is 58.7 Å². The van der Waals surface area contributed by atoms with Crippen molar-refractivity contribution in [2.45, 2.75) is 51.0 Å². The highest BCUT2D eigenvalue weighted by molar-refractivity contribution is 6.01. The van der Waals surface area contributed by atoms with Crippen molar-refractivity contribution in [1.29, 1.82) is 0 Å². The van der Waals surface area contributed by atoms with Gasteiger partial charge in [0.05, 0.1) is 38.7 Å². The fraction of sp³-hybridized carbons (Fsp3) is 0.344. The summed E-state index contributed by atoms with van der Waals surface area (Å²) in [6.45, 7) is 6.63. The van der Waals surface area contributed by atoms with Gasteiger partial charge in [0.1, 0.15) is 0 Å². The lowest BCUT2D eigenvalue weighted by molar-refractivity contribution is -0.116. The van der Waals surface area contributed by atoms with Crippen molar-refractivity contribution in [3.8, 4) is 17.2 Å². The molecule has 2 aliphatic rings. The molecular weight excluding hydrogens is 476 g/mol. The number of fused-ring (bicyclic) bond motifs is 1. The number of ether oxygens (including phenoxy) is 3. The Morgan fingerprint density at radius 1 is 0.789 bits per heavy atom. The van der Waals surface area contributed by atoms with E-state index in [0.717, 1.165) is 33.8 Å². The lowest BCUT2D eigenvalue weighted by Crippen LogP contribution is -2.27. The number of para-hydroxylation sites is 2. The third-order valence-electron chi connectivity index (χ3n) is 7.58. The first kappa shape index (κ1) is 25.7. The summed E-state index contributed by atoms with van der Waals surface area (Å²) >= 11 is 0. The monoisotopic (exact) mass is 512 g/mol. The molecule has 2 atom stereocenters. The fourth-order valence-corrected chi connectivity index (χ4v) is 5.49. The Morgan fingerprint density at radius 2 is 1.42 bits per heavy atom. The Balaban J connectivity index is 1.58. The summed E-state index contributed by atoms with van der Waals surface area (Å²) in [5.41, 5.74) is 7.07. The van der Waals surface area contributed by atoms with Gasteiger partial charge in [0.2, 0.25) is 5.75 Å². The smallest absolute Gasteiger partial charge is 0.203 e. The molecule has 6 nitrogen and oxygen atoms in total. The maximum absolute atomic E-state index is 13.9. The molecule has 0 spiro atoms. The van der Waals surface area contributed by atoms with Gasteiger partial charge >= 0.3 is 0 Å². The topological polar surface area (TPSA) is 68.8 Å². The Labute approximate surface area is 225 Å². The van der Waals surface area contributed by atoms with Crippen LogP contribution in [0.15, 0.2) is 71.9 Å². The van der Waals surface area contributed by atoms with Gasteiger partial charge in [-0.2, -0.15) is 0 Å². The van der Waals surface area contributed by atoms with Gasteiger partial charge < -0.3 is 24.8 Å². The molecule has 2 N–H and O–H groups in total. The molecule has 2 unspecified atom stereocenters. The summed E-state index contributed by atoms with van der Waals surface area (Å²) in [5, 5.41) is 7.29. The zero-order chi connectivity index (χ0) is 27.0. The lowest BCUT2D eigenvalue weighted by Gasteiger charge is -2.30. The molecule has 0 aromatic heterocycles. The van der Waals surface area contributed by atoms with E-state index in [2.05, 4.69) is 61.7 Å². The van der Waals surface area contributed by atoms with Crippen molar-refractivity contribution in [3.63, 3.8) is 0 Å². The second-order valence-electron chi connectivity index (χ2n) is 11.0. The van der Waals surface area contributed by atoms with Gasteiger partial charge in [0, 0.05) is 17.7 Å². The first-order valence-corrected chi connectivity index (χ1v) is 13.0. The SMILES string of the molecule is COc1cc(C2CC(=O)C3=C(C2)Nc2ccccc2NC3c2ccc(C(C)(C)C)cc2)cc(OC)c1OC. The van der Waals surface area contributed by atoms with Crippen LogP contribution in [0.2, 0.25) is 0 Å². The number of nitrogens with one attached hydrogen (secondary N) is 2. The molecule has 0 radical (unpaired) electrons. The maximum atomic E-state index is 13.9. The quantitative estimate of drug-likeness (QED) is 0.384. The van der Waals surface area contributed by atoms with Gasteiger partial charge in [-0.25, -0.2) is 0 Å². The molecule has 0 saturated heterocycles. The van der Waals surface area contributed by atoms with E-state index in [1.165, 1.54) is 5.56 Å². The molecule has 0 amide bonds. The molecule has 0 fully saturated rings. The van der Waals surface area contributed by atoms with Crippen LogP contribution in [0.3, 0.4) is 0 Å². The minimum atomic E-state index is -0.247. The van der Waals surface area contributed by atoms with Crippen LogP contribution >= 0.6 is 0 Å². The Kier molecular flexibility index (Phi) is 6.82. The van der Waals surface area contributed by atoms with E-state index >= 15 is 0 Å². The Morgan fingerprint density at radius 3 is 2.00 bits per heavy atom. The number of ketones is 1. The number of benzene rings is 3. The Hall–Kier alpha value is -3.93. The molecule has 6 heteroatoms. The summed E-state index contributed by atoms with van der Waals surface area (Å²) in [4.78, 5) is 13.9. The van der Waals surface area contributed by atoms with Crippen molar-refractivity contribution in [3.05, 3.63) is 88.6 Å². The molecule has 5 rings (SSSR count). The summed E-state index contributed by atoms with van der Waals surface area (Å²) in [6.07, 6.45) is 1.08. The van der Waals surface area contributed by atoms with Crippen LogP contribution in [-0.4, -0.2) is 27.1 Å². The van der Waals surface area contributed by atoms with E-state index in [0.29, 0.717) is 30.1 Å². The minimum absolute atomic E-state index is 0.0309. The Bertz CT molecular complexity index is 1360. The van der Waals surface area contributed by atoms with Gasteiger partial charge in [-0.3, -0.25) is 4.79 Å². The predicted molar refractivity (Wildman–Crippen MR) is 152 cm³/mol. The lowest BCUT2D eigenvalue weighted by atomic mass is 9.78. The standard InChI is InChI=1S/C32H36N2O4/c1-32(2,3)22-13-11-19(12-14-22)30-29-25(33-23-9-7-8-10-24(23)34-30)15-20(16-26(29)35)21-17-27(36-4)31(38-6)28(18-21)37-5/h7-14,17-18,20,30,33-34H,15-16H2,1-6H3. The third-order valence-corrected chi connectivity index (χ3v) is 7.58. The normalized spacial score (nSPS) is 18.9. The zero-order valence-corrected chi connectivity index (χ0v) is 23.0. The van der Waals surface area contributed by atoms with Gasteiger partial charge in [0.15, 0.2) is 17.3 Å². The number of hydrogen-bond donors (Lipinski definition) is 2. The highest BCUT2D eigenvalue weighted by atomic mass is 16.5. The number of anilines is 2. The van der Waals surface area contributed by atoms with Crippen LogP contribution < -0.4 is 24.8 Å². The largest absolute Gasteiger partial charge is 0.493 e. The van der Waals surface area contributed by atoms with Gasteiger partial charge in [-0.15, -0.1) is 0 Å². The number of carbonyl (C=O) groups is 1. The summed E-state index contributed by atoms with van der Waals surface area (Å²) in [7, 11) is 4.81. The van der Waals surface area contributed by atoms with Crippen molar-refractivity contribution in [2.75, 3.05) is 32.0 Å². The average Bonchev–Trinajstić information content (AvgIpc) is 3.08. The first-order chi connectivity index (χ1) is 18.2. The second kappa shape index (κ2) is 10.1.